The number of hydrogen-bond acceptors (Lipinski definition) is 4. The Balaban J connectivity index is 2.14. The van der Waals surface area contributed by atoms with Gasteiger partial charge in [0.2, 0.25) is 0 Å². The molecule has 2 heterocycles. The van der Waals surface area contributed by atoms with Gasteiger partial charge in [-0.05, 0) is 19.9 Å². The van der Waals surface area contributed by atoms with Gasteiger partial charge in [-0.1, -0.05) is 11.6 Å². The van der Waals surface area contributed by atoms with Crippen molar-refractivity contribution >= 4 is 23.3 Å². The normalized spacial score (nSPS) is 11.9. The van der Waals surface area contributed by atoms with Crippen molar-refractivity contribution in [2.24, 2.45) is 0 Å². The Bertz CT molecular complexity index is 584. The maximum atomic E-state index is 12.2. The third kappa shape index (κ3) is 3.27. The molecular weight excluding hydrogens is 278 g/mol. The fourth-order valence-electron chi connectivity index (χ4n) is 1.75. The van der Waals surface area contributed by atoms with Crippen LogP contribution in [0.4, 0.5) is 5.82 Å². The monoisotopic (exact) mass is 293 g/mol. The zero-order valence-corrected chi connectivity index (χ0v) is 12.0. The minimum absolute atomic E-state index is 0.232. The summed E-state index contributed by atoms with van der Waals surface area (Å²) < 4.78 is 0. The molecule has 6 nitrogen and oxygen atoms in total. The largest absolute Gasteiger partial charge is 0.370 e. The Labute approximate surface area is 122 Å². The quantitative estimate of drug-likeness (QED) is 0.790. The first kappa shape index (κ1) is 14.3. The molecule has 0 saturated carbocycles. The molecule has 20 heavy (non-hydrogen) atoms. The van der Waals surface area contributed by atoms with Gasteiger partial charge in [0.1, 0.15) is 11.6 Å². The van der Waals surface area contributed by atoms with Gasteiger partial charge in [0.05, 0.1) is 16.6 Å². The number of rotatable bonds is 5. The highest BCUT2D eigenvalue weighted by molar-refractivity contribution is 6.33. The van der Waals surface area contributed by atoms with Gasteiger partial charge >= 0.3 is 0 Å². The molecule has 0 aromatic carbocycles. The number of halogens is 1. The molecule has 1 unspecified atom stereocenters. The van der Waals surface area contributed by atoms with Crippen LogP contribution in [0.15, 0.2) is 24.7 Å². The van der Waals surface area contributed by atoms with Crippen molar-refractivity contribution in [1.29, 1.82) is 0 Å². The minimum atomic E-state index is -0.263. The highest BCUT2D eigenvalue weighted by atomic mass is 35.5. The number of aromatic nitrogens is 3. The predicted molar refractivity (Wildman–Crippen MR) is 77.9 cm³/mol. The predicted octanol–water partition coefficient (Wildman–Crippen LogP) is 2.38. The number of imidazole rings is 1. The molecule has 106 valence electrons. The maximum absolute atomic E-state index is 12.2. The summed E-state index contributed by atoms with van der Waals surface area (Å²) >= 11 is 6.03. The average molecular weight is 294 g/mol. The highest BCUT2D eigenvalue weighted by Gasteiger charge is 2.16. The molecule has 7 heteroatoms. The van der Waals surface area contributed by atoms with E-state index in [4.69, 9.17) is 11.6 Å². The summed E-state index contributed by atoms with van der Waals surface area (Å²) in [7, 11) is 0. The summed E-state index contributed by atoms with van der Waals surface area (Å²) in [5, 5.41) is 6.19. The van der Waals surface area contributed by atoms with Gasteiger partial charge in [0.25, 0.3) is 5.91 Å². The van der Waals surface area contributed by atoms with Crippen LogP contribution in [-0.4, -0.2) is 27.4 Å². The van der Waals surface area contributed by atoms with Gasteiger partial charge < -0.3 is 15.6 Å². The van der Waals surface area contributed by atoms with Gasteiger partial charge in [0.15, 0.2) is 0 Å². The Hall–Kier alpha value is -2.08. The van der Waals surface area contributed by atoms with Crippen LogP contribution in [0.1, 0.15) is 36.1 Å². The second-order valence-electron chi connectivity index (χ2n) is 4.25. The van der Waals surface area contributed by atoms with E-state index in [1.165, 1.54) is 6.20 Å². The summed E-state index contributed by atoms with van der Waals surface area (Å²) in [4.78, 5) is 23.4. The second kappa shape index (κ2) is 6.38. The summed E-state index contributed by atoms with van der Waals surface area (Å²) in [6, 6.07) is 1.40. The smallest absolute Gasteiger partial charge is 0.253 e. The van der Waals surface area contributed by atoms with E-state index in [0.29, 0.717) is 22.2 Å². The SMILES string of the molecule is CCNc1cc(C(=O)NC(C)c2ncc[nH]2)c(Cl)cn1. The average Bonchev–Trinajstić information content (AvgIpc) is 2.95. The molecule has 0 aliphatic carbocycles. The van der Waals surface area contributed by atoms with Crippen LogP contribution in [0, 0.1) is 0 Å². The van der Waals surface area contributed by atoms with Crippen molar-refractivity contribution in [2.45, 2.75) is 19.9 Å². The first-order valence-corrected chi connectivity index (χ1v) is 6.69. The van der Waals surface area contributed by atoms with Gasteiger partial charge in [-0.3, -0.25) is 4.79 Å². The van der Waals surface area contributed by atoms with E-state index in [1.807, 2.05) is 13.8 Å². The summed E-state index contributed by atoms with van der Waals surface area (Å²) in [6.45, 7) is 4.52. The fourth-order valence-corrected chi connectivity index (χ4v) is 1.94. The van der Waals surface area contributed by atoms with Gasteiger partial charge in [0, 0.05) is 25.1 Å². The topological polar surface area (TPSA) is 82.7 Å². The Kier molecular flexibility index (Phi) is 4.57. The molecule has 2 aromatic heterocycles. The molecule has 3 N–H and O–H groups in total. The van der Waals surface area contributed by atoms with Crippen molar-refractivity contribution in [3.8, 4) is 0 Å². The number of nitrogens with one attached hydrogen (secondary N) is 3. The molecule has 0 saturated heterocycles. The molecule has 0 aliphatic rings. The molecule has 2 aromatic rings. The molecule has 0 aliphatic heterocycles. The Morgan fingerprint density at radius 2 is 2.30 bits per heavy atom. The first-order valence-electron chi connectivity index (χ1n) is 6.31. The van der Waals surface area contributed by atoms with Crippen LogP contribution >= 0.6 is 11.6 Å². The molecular formula is C13H16ClN5O. The molecule has 1 amide bonds. The van der Waals surface area contributed by atoms with Crippen LogP contribution in [-0.2, 0) is 0 Å². The fraction of sp³-hybridized carbons (Fsp3) is 0.308. The van der Waals surface area contributed by atoms with E-state index in [9.17, 15) is 4.79 Å². The molecule has 0 fully saturated rings. The lowest BCUT2D eigenvalue weighted by atomic mass is 10.2. The van der Waals surface area contributed by atoms with Crippen LogP contribution < -0.4 is 10.6 Å². The van der Waals surface area contributed by atoms with Crippen LogP contribution in [0.25, 0.3) is 0 Å². The van der Waals surface area contributed by atoms with Gasteiger partial charge in [-0.2, -0.15) is 0 Å². The number of H-pyrrole nitrogens is 1. The lowest BCUT2D eigenvalue weighted by molar-refractivity contribution is 0.0938. The third-order valence-corrected chi connectivity index (χ3v) is 3.04. The van der Waals surface area contributed by atoms with Crippen molar-refractivity contribution < 1.29 is 4.79 Å². The number of anilines is 1. The number of aromatic amines is 1. The molecule has 2 rings (SSSR count). The minimum Gasteiger partial charge on any atom is -0.370 e. The lowest BCUT2D eigenvalue weighted by Gasteiger charge is -2.13. The second-order valence-corrected chi connectivity index (χ2v) is 4.66. The number of carbonyl (C=O) groups is 1. The third-order valence-electron chi connectivity index (χ3n) is 2.73. The van der Waals surface area contributed by atoms with Crippen molar-refractivity contribution in [3.05, 3.63) is 41.1 Å². The maximum Gasteiger partial charge on any atom is 0.253 e. The number of amides is 1. The molecule has 0 spiro atoms. The van der Waals surface area contributed by atoms with Gasteiger partial charge in [-0.15, -0.1) is 0 Å². The van der Waals surface area contributed by atoms with Crippen molar-refractivity contribution in [2.75, 3.05) is 11.9 Å². The van der Waals surface area contributed by atoms with E-state index in [-0.39, 0.29) is 11.9 Å². The number of nitrogens with zero attached hydrogens (tertiary/aromatic N) is 2. The van der Waals surface area contributed by atoms with Crippen molar-refractivity contribution in [3.63, 3.8) is 0 Å². The molecule has 0 bridgehead atoms. The highest BCUT2D eigenvalue weighted by Crippen LogP contribution is 2.19. The van der Waals surface area contributed by atoms with E-state index < -0.39 is 0 Å². The summed E-state index contributed by atoms with van der Waals surface area (Å²) in [5.41, 5.74) is 0.385. The summed E-state index contributed by atoms with van der Waals surface area (Å²) in [5.74, 6) is 1.04. The standard InChI is InChI=1S/C13H16ClN5O/c1-3-15-11-6-9(10(14)7-18-11)13(20)19-8(2)12-16-4-5-17-12/h4-8H,3H2,1-2H3,(H,15,18)(H,16,17)(H,19,20). The van der Waals surface area contributed by atoms with E-state index in [1.54, 1.807) is 18.5 Å². The number of carbonyl (C=O) groups excluding carboxylic acids is 1. The van der Waals surface area contributed by atoms with Gasteiger partial charge in [-0.25, -0.2) is 9.97 Å². The summed E-state index contributed by atoms with van der Waals surface area (Å²) in [6.07, 6.45) is 4.81. The van der Waals surface area contributed by atoms with Crippen LogP contribution in [0.3, 0.4) is 0 Å². The van der Waals surface area contributed by atoms with Crippen LogP contribution in [0.2, 0.25) is 5.02 Å². The Morgan fingerprint density at radius 1 is 1.50 bits per heavy atom. The van der Waals surface area contributed by atoms with Crippen molar-refractivity contribution in [1.82, 2.24) is 20.3 Å². The van der Waals surface area contributed by atoms with E-state index in [2.05, 4.69) is 25.6 Å². The zero-order chi connectivity index (χ0) is 14.5. The van der Waals surface area contributed by atoms with E-state index in [0.717, 1.165) is 6.54 Å². The Morgan fingerprint density at radius 3 is 2.95 bits per heavy atom. The van der Waals surface area contributed by atoms with E-state index >= 15 is 0 Å². The number of pyridine rings is 1. The lowest BCUT2D eigenvalue weighted by Crippen LogP contribution is -2.27. The van der Waals surface area contributed by atoms with Crippen LogP contribution in [0.5, 0.6) is 0 Å². The molecule has 1 atom stereocenters. The zero-order valence-electron chi connectivity index (χ0n) is 11.3. The first-order chi connectivity index (χ1) is 9.61. The molecule has 0 radical (unpaired) electrons. The number of hydrogen-bond donors (Lipinski definition) is 3.